The Morgan fingerprint density at radius 3 is 2.50 bits per heavy atom. The maximum atomic E-state index is 11.8. The number of carbonyl (C=O) groups excluding carboxylic acids is 1. The molecule has 0 saturated heterocycles. The molecule has 0 aliphatic rings. The molecule has 0 unspecified atom stereocenters. The number of nitrogens with one attached hydrogen (secondary N) is 2. The molecule has 4 heteroatoms. The highest BCUT2D eigenvalue weighted by atomic mass is 16.1. The number of likely N-dealkylation sites (N-methyl/N-ethyl adjacent to an activating group) is 1. The van der Waals surface area contributed by atoms with Gasteiger partial charge >= 0.3 is 0 Å². The first-order chi connectivity index (χ1) is 9.72. The molecule has 1 heterocycles. The Bertz CT molecular complexity index is 540. The average molecular weight is 273 g/mol. The van der Waals surface area contributed by atoms with Gasteiger partial charge < -0.3 is 10.6 Å². The lowest BCUT2D eigenvalue weighted by molar-refractivity contribution is 0.0949. The fraction of sp³-hybridized carbons (Fsp3) is 0.375. The zero-order valence-corrected chi connectivity index (χ0v) is 12.4. The molecule has 1 aromatic carbocycles. The van der Waals surface area contributed by atoms with Crippen LogP contribution < -0.4 is 10.6 Å². The van der Waals surface area contributed by atoms with Gasteiger partial charge in [0.05, 0.1) is 5.52 Å². The fourth-order valence-electron chi connectivity index (χ4n) is 1.58. The molecule has 0 bridgehead atoms. The SMILES string of the molecule is CCC.CNCCNC(=O)c1ccc2ccccc2n1. The van der Waals surface area contributed by atoms with E-state index in [-0.39, 0.29) is 5.91 Å². The lowest BCUT2D eigenvalue weighted by Gasteiger charge is -2.05. The highest BCUT2D eigenvalue weighted by Gasteiger charge is 2.06. The van der Waals surface area contributed by atoms with Crippen molar-refractivity contribution in [2.75, 3.05) is 20.1 Å². The Morgan fingerprint density at radius 1 is 1.10 bits per heavy atom. The molecule has 1 amide bonds. The van der Waals surface area contributed by atoms with Crippen molar-refractivity contribution in [2.45, 2.75) is 20.3 Å². The number of aromatic nitrogens is 1. The van der Waals surface area contributed by atoms with Crippen molar-refractivity contribution in [1.29, 1.82) is 0 Å². The smallest absolute Gasteiger partial charge is 0.269 e. The molecule has 4 nitrogen and oxygen atoms in total. The molecule has 2 aromatic rings. The molecular weight excluding hydrogens is 250 g/mol. The molecule has 0 atom stereocenters. The lowest BCUT2D eigenvalue weighted by atomic mass is 10.2. The number of fused-ring (bicyclic) bond motifs is 1. The molecule has 0 aliphatic carbocycles. The topological polar surface area (TPSA) is 54.0 Å². The van der Waals surface area contributed by atoms with Crippen LogP contribution in [0.2, 0.25) is 0 Å². The molecule has 108 valence electrons. The Labute approximate surface area is 120 Å². The van der Waals surface area contributed by atoms with Gasteiger partial charge in [-0.2, -0.15) is 0 Å². The first-order valence-electron chi connectivity index (χ1n) is 7.01. The van der Waals surface area contributed by atoms with E-state index < -0.39 is 0 Å². The van der Waals surface area contributed by atoms with Crippen LogP contribution in [0.3, 0.4) is 0 Å². The molecule has 0 fully saturated rings. The second kappa shape index (κ2) is 9.04. The van der Waals surface area contributed by atoms with Gasteiger partial charge in [-0.1, -0.05) is 44.5 Å². The maximum Gasteiger partial charge on any atom is 0.269 e. The third-order valence-electron chi connectivity index (χ3n) is 2.49. The molecule has 0 aliphatic heterocycles. The van der Waals surface area contributed by atoms with Crippen LogP contribution >= 0.6 is 0 Å². The number of hydrogen-bond acceptors (Lipinski definition) is 3. The Hall–Kier alpha value is -1.94. The van der Waals surface area contributed by atoms with Crippen molar-refractivity contribution >= 4 is 16.8 Å². The summed E-state index contributed by atoms with van der Waals surface area (Å²) in [5, 5.41) is 6.81. The van der Waals surface area contributed by atoms with Crippen LogP contribution in [0.15, 0.2) is 36.4 Å². The Morgan fingerprint density at radius 2 is 1.80 bits per heavy atom. The summed E-state index contributed by atoms with van der Waals surface area (Å²) in [7, 11) is 1.85. The van der Waals surface area contributed by atoms with Crippen LogP contribution in [0.5, 0.6) is 0 Å². The first kappa shape index (κ1) is 16.1. The first-order valence-corrected chi connectivity index (χ1v) is 7.01. The summed E-state index contributed by atoms with van der Waals surface area (Å²) in [6.07, 6.45) is 1.25. The van der Waals surface area contributed by atoms with Crippen LogP contribution in [0.4, 0.5) is 0 Å². The van der Waals surface area contributed by atoms with Crippen LogP contribution in [0, 0.1) is 0 Å². The van der Waals surface area contributed by atoms with Gasteiger partial charge in [-0.3, -0.25) is 4.79 Å². The predicted octanol–water partition coefficient (Wildman–Crippen LogP) is 2.60. The van der Waals surface area contributed by atoms with E-state index in [1.165, 1.54) is 6.42 Å². The zero-order valence-electron chi connectivity index (χ0n) is 12.4. The van der Waals surface area contributed by atoms with E-state index in [1.54, 1.807) is 6.07 Å². The van der Waals surface area contributed by atoms with Crippen LogP contribution in [0.1, 0.15) is 30.8 Å². The van der Waals surface area contributed by atoms with Gasteiger partial charge in [0.1, 0.15) is 5.69 Å². The summed E-state index contributed by atoms with van der Waals surface area (Å²) in [5.41, 5.74) is 1.30. The van der Waals surface area contributed by atoms with E-state index in [4.69, 9.17) is 0 Å². The van der Waals surface area contributed by atoms with Gasteiger partial charge in [-0.15, -0.1) is 0 Å². The Kier molecular flexibility index (Phi) is 7.29. The molecule has 0 spiro atoms. The number of hydrogen-bond donors (Lipinski definition) is 2. The summed E-state index contributed by atoms with van der Waals surface area (Å²) >= 11 is 0. The van der Waals surface area contributed by atoms with Gasteiger partial charge in [0, 0.05) is 18.5 Å². The second-order valence-corrected chi connectivity index (χ2v) is 4.46. The average Bonchev–Trinajstić information content (AvgIpc) is 2.47. The number of rotatable bonds is 4. The molecule has 20 heavy (non-hydrogen) atoms. The largest absolute Gasteiger partial charge is 0.349 e. The van der Waals surface area contributed by atoms with Gasteiger partial charge in [-0.25, -0.2) is 4.98 Å². The van der Waals surface area contributed by atoms with E-state index in [0.29, 0.717) is 12.2 Å². The van der Waals surface area contributed by atoms with Gasteiger partial charge in [0.25, 0.3) is 5.91 Å². The number of amides is 1. The number of nitrogens with zero attached hydrogens (tertiary/aromatic N) is 1. The minimum absolute atomic E-state index is 0.133. The van der Waals surface area contributed by atoms with E-state index >= 15 is 0 Å². The zero-order chi connectivity index (χ0) is 14.8. The fourth-order valence-corrected chi connectivity index (χ4v) is 1.58. The molecule has 2 rings (SSSR count). The van der Waals surface area contributed by atoms with Crippen molar-refractivity contribution in [2.24, 2.45) is 0 Å². The minimum atomic E-state index is -0.133. The molecule has 1 aromatic heterocycles. The summed E-state index contributed by atoms with van der Waals surface area (Å²) in [6.45, 7) is 5.60. The standard InChI is InChI=1S/C13H15N3O.C3H8/c1-14-8-9-15-13(17)12-7-6-10-4-2-3-5-11(10)16-12;1-3-2/h2-7,14H,8-9H2,1H3,(H,15,17);3H2,1-2H3. The van der Waals surface area contributed by atoms with Gasteiger partial charge in [0.2, 0.25) is 0 Å². The van der Waals surface area contributed by atoms with Gasteiger partial charge in [0.15, 0.2) is 0 Å². The van der Waals surface area contributed by atoms with Crippen molar-refractivity contribution < 1.29 is 4.79 Å². The number of carbonyl (C=O) groups is 1. The Balaban J connectivity index is 0.000000612. The highest BCUT2D eigenvalue weighted by Crippen LogP contribution is 2.11. The van der Waals surface area contributed by atoms with Crippen molar-refractivity contribution in [3.63, 3.8) is 0 Å². The third-order valence-corrected chi connectivity index (χ3v) is 2.49. The number of para-hydroxylation sites is 1. The summed E-state index contributed by atoms with van der Waals surface area (Å²) in [6, 6.07) is 11.4. The quantitative estimate of drug-likeness (QED) is 0.842. The lowest BCUT2D eigenvalue weighted by Crippen LogP contribution is -2.30. The molecule has 2 N–H and O–H groups in total. The monoisotopic (exact) mass is 273 g/mol. The van der Waals surface area contributed by atoms with E-state index in [2.05, 4.69) is 29.5 Å². The second-order valence-electron chi connectivity index (χ2n) is 4.46. The van der Waals surface area contributed by atoms with Crippen molar-refractivity contribution in [3.05, 3.63) is 42.1 Å². The summed E-state index contributed by atoms with van der Waals surface area (Å²) in [4.78, 5) is 16.1. The maximum absolute atomic E-state index is 11.8. The molecular formula is C16H23N3O. The normalized spacial score (nSPS) is 9.75. The van der Waals surface area contributed by atoms with E-state index in [9.17, 15) is 4.79 Å². The summed E-state index contributed by atoms with van der Waals surface area (Å²) < 4.78 is 0. The third kappa shape index (κ3) is 4.97. The summed E-state index contributed by atoms with van der Waals surface area (Å²) in [5.74, 6) is -0.133. The van der Waals surface area contributed by atoms with Crippen LogP contribution in [-0.2, 0) is 0 Å². The van der Waals surface area contributed by atoms with E-state index in [1.807, 2.05) is 37.4 Å². The minimum Gasteiger partial charge on any atom is -0.349 e. The van der Waals surface area contributed by atoms with Crippen molar-refractivity contribution in [1.82, 2.24) is 15.6 Å². The van der Waals surface area contributed by atoms with Crippen LogP contribution in [0.25, 0.3) is 10.9 Å². The van der Waals surface area contributed by atoms with Crippen LogP contribution in [-0.4, -0.2) is 31.0 Å². The molecule has 0 radical (unpaired) electrons. The van der Waals surface area contributed by atoms with E-state index in [0.717, 1.165) is 17.4 Å². The predicted molar refractivity (Wildman–Crippen MR) is 84.0 cm³/mol. The molecule has 0 saturated carbocycles. The highest BCUT2D eigenvalue weighted by molar-refractivity contribution is 5.94. The number of benzene rings is 1. The number of pyridine rings is 1. The van der Waals surface area contributed by atoms with Crippen molar-refractivity contribution in [3.8, 4) is 0 Å². The van der Waals surface area contributed by atoms with Gasteiger partial charge in [-0.05, 0) is 19.2 Å².